The van der Waals surface area contributed by atoms with E-state index < -0.39 is 5.97 Å². The minimum Gasteiger partial charge on any atom is -0.478 e. The third-order valence-electron chi connectivity index (χ3n) is 2.55. The topological polar surface area (TPSA) is 88.2 Å². The van der Waals surface area contributed by atoms with Crippen LogP contribution >= 0.6 is 11.6 Å². The predicted molar refractivity (Wildman–Crippen MR) is 75.1 cm³/mol. The number of pyridine rings is 1. The number of carbonyl (C=O) groups is 1. The van der Waals surface area contributed by atoms with Crippen LogP contribution in [0, 0.1) is 6.92 Å². The summed E-state index contributed by atoms with van der Waals surface area (Å²) in [5.41, 5.74) is 7.50. The first-order chi connectivity index (χ1) is 8.97. The Bertz CT molecular complexity index is 644. The molecule has 6 heteroatoms. The highest BCUT2D eigenvalue weighted by Crippen LogP contribution is 2.28. The molecule has 5 nitrogen and oxygen atoms in total. The van der Waals surface area contributed by atoms with E-state index in [1.165, 1.54) is 12.3 Å². The highest BCUT2D eigenvalue weighted by Gasteiger charge is 2.12. The fraction of sp³-hybridized carbons (Fsp3) is 0.0769. The summed E-state index contributed by atoms with van der Waals surface area (Å²) in [4.78, 5) is 15.0. The van der Waals surface area contributed by atoms with E-state index in [2.05, 4.69) is 10.3 Å². The van der Waals surface area contributed by atoms with Gasteiger partial charge in [-0.25, -0.2) is 9.78 Å². The van der Waals surface area contributed by atoms with Crippen molar-refractivity contribution < 1.29 is 9.90 Å². The second-order valence-electron chi connectivity index (χ2n) is 4.07. The monoisotopic (exact) mass is 277 g/mol. The van der Waals surface area contributed by atoms with E-state index in [1.54, 1.807) is 12.1 Å². The summed E-state index contributed by atoms with van der Waals surface area (Å²) in [5.74, 6) is -0.933. The van der Waals surface area contributed by atoms with Crippen LogP contribution < -0.4 is 11.1 Å². The second-order valence-corrected chi connectivity index (χ2v) is 4.48. The third-order valence-corrected chi connectivity index (χ3v) is 2.86. The van der Waals surface area contributed by atoms with Crippen LogP contribution in [0.5, 0.6) is 0 Å². The van der Waals surface area contributed by atoms with Gasteiger partial charge in [0.25, 0.3) is 0 Å². The number of carboxylic acids is 1. The molecule has 98 valence electrons. The fourth-order valence-corrected chi connectivity index (χ4v) is 1.90. The van der Waals surface area contributed by atoms with E-state index in [-0.39, 0.29) is 11.4 Å². The van der Waals surface area contributed by atoms with Gasteiger partial charge in [0.15, 0.2) is 0 Å². The number of benzene rings is 1. The van der Waals surface area contributed by atoms with Gasteiger partial charge >= 0.3 is 5.97 Å². The molecule has 1 aromatic carbocycles. The zero-order valence-electron chi connectivity index (χ0n) is 10.1. The van der Waals surface area contributed by atoms with Crippen LogP contribution in [-0.4, -0.2) is 16.1 Å². The summed E-state index contributed by atoms with van der Waals surface area (Å²) in [7, 11) is 0. The maximum absolute atomic E-state index is 11.1. The number of anilines is 3. The molecule has 19 heavy (non-hydrogen) atoms. The van der Waals surface area contributed by atoms with Gasteiger partial charge in [-0.3, -0.25) is 0 Å². The van der Waals surface area contributed by atoms with Crippen molar-refractivity contribution in [1.29, 1.82) is 0 Å². The van der Waals surface area contributed by atoms with Crippen LogP contribution in [-0.2, 0) is 0 Å². The first kappa shape index (κ1) is 13.2. The quantitative estimate of drug-likeness (QED) is 0.802. The van der Waals surface area contributed by atoms with Crippen LogP contribution in [0.4, 0.5) is 17.2 Å². The van der Waals surface area contributed by atoms with Gasteiger partial charge in [-0.05, 0) is 30.7 Å². The molecule has 0 spiro atoms. The Balaban J connectivity index is 2.40. The van der Waals surface area contributed by atoms with E-state index in [4.69, 9.17) is 22.4 Å². The second kappa shape index (κ2) is 5.16. The molecule has 4 N–H and O–H groups in total. The molecule has 0 saturated heterocycles. The molecule has 1 aromatic heterocycles. The maximum atomic E-state index is 11.1. The first-order valence-electron chi connectivity index (χ1n) is 5.49. The first-order valence-corrected chi connectivity index (χ1v) is 5.87. The number of aromatic nitrogens is 1. The smallest absolute Gasteiger partial charge is 0.338 e. The highest BCUT2D eigenvalue weighted by molar-refractivity contribution is 6.33. The molecule has 0 aliphatic carbocycles. The molecule has 1 heterocycles. The van der Waals surface area contributed by atoms with Gasteiger partial charge in [-0.2, -0.15) is 0 Å². The van der Waals surface area contributed by atoms with Gasteiger partial charge in [0.1, 0.15) is 5.82 Å². The number of nitrogens with two attached hydrogens (primary N) is 1. The number of rotatable bonds is 3. The standard InChI is InChI=1S/C13H12ClN3O2/c1-7-2-3-10(9(14)4-7)17-11-6-16-12(15)5-8(11)13(18)19/h2-6,17H,1H3,(H2,15,16)(H,18,19). The Labute approximate surface area is 115 Å². The van der Waals surface area contributed by atoms with Crippen LogP contribution in [0.15, 0.2) is 30.5 Å². The third kappa shape index (κ3) is 2.95. The summed E-state index contributed by atoms with van der Waals surface area (Å²) >= 11 is 6.09. The van der Waals surface area contributed by atoms with Crippen LogP contribution in [0.3, 0.4) is 0 Å². The van der Waals surface area contributed by atoms with E-state index in [1.807, 2.05) is 13.0 Å². The Morgan fingerprint density at radius 2 is 2.11 bits per heavy atom. The van der Waals surface area contributed by atoms with Crippen molar-refractivity contribution in [1.82, 2.24) is 4.98 Å². The van der Waals surface area contributed by atoms with Crippen molar-refractivity contribution in [3.8, 4) is 0 Å². The molecule has 0 radical (unpaired) electrons. The summed E-state index contributed by atoms with van der Waals surface area (Å²) < 4.78 is 0. The van der Waals surface area contributed by atoms with Gasteiger partial charge in [0.05, 0.1) is 28.2 Å². The van der Waals surface area contributed by atoms with E-state index >= 15 is 0 Å². The molecular formula is C13H12ClN3O2. The minimum absolute atomic E-state index is 0.0455. The number of hydrogen-bond acceptors (Lipinski definition) is 4. The maximum Gasteiger partial charge on any atom is 0.338 e. The zero-order valence-corrected chi connectivity index (χ0v) is 10.9. The number of nitrogens with one attached hydrogen (secondary N) is 1. The van der Waals surface area contributed by atoms with E-state index in [9.17, 15) is 4.79 Å². The van der Waals surface area contributed by atoms with Crippen LogP contribution in [0.25, 0.3) is 0 Å². The predicted octanol–water partition coefficient (Wildman–Crippen LogP) is 3.07. The van der Waals surface area contributed by atoms with Crippen molar-refractivity contribution in [3.63, 3.8) is 0 Å². The highest BCUT2D eigenvalue weighted by atomic mass is 35.5. The summed E-state index contributed by atoms with van der Waals surface area (Å²) in [6.45, 7) is 1.92. The zero-order chi connectivity index (χ0) is 14.0. The average molecular weight is 278 g/mol. The average Bonchev–Trinajstić information content (AvgIpc) is 2.34. The van der Waals surface area contributed by atoms with Gasteiger partial charge in [-0.15, -0.1) is 0 Å². The number of aryl methyl sites for hydroxylation is 1. The number of nitrogen functional groups attached to an aromatic ring is 1. The number of hydrogen-bond donors (Lipinski definition) is 3. The molecule has 0 bridgehead atoms. The number of carboxylic acid groups (broad SMARTS) is 1. The Morgan fingerprint density at radius 1 is 1.37 bits per heavy atom. The van der Waals surface area contributed by atoms with E-state index in [0.29, 0.717) is 16.4 Å². The summed E-state index contributed by atoms with van der Waals surface area (Å²) in [6.07, 6.45) is 1.37. The lowest BCUT2D eigenvalue weighted by atomic mass is 10.2. The van der Waals surface area contributed by atoms with E-state index in [0.717, 1.165) is 5.56 Å². The van der Waals surface area contributed by atoms with Crippen LogP contribution in [0.2, 0.25) is 5.02 Å². The summed E-state index contributed by atoms with van der Waals surface area (Å²) in [5, 5.41) is 12.6. The molecule has 0 atom stereocenters. The Morgan fingerprint density at radius 3 is 2.74 bits per heavy atom. The van der Waals surface area contributed by atoms with Crippen molar-refractivity contribution in [2.24, 2.45) is 0 Å². The molecule has 0 fully saturated rings. The van der Waals surface area contributed by atoms with Crippen molar-refractivity contribution >= 4 is 34.8 Å². The molecular weight excluding hydrogens is 266 g/mol. The molecule has 0 aliphatic heterocycles. The van der Waals surface area contributed by atoms with Gasteiger partial charge in [-0.1, -0.05) is 17.7 Å². The van der Waals surface area contributed by atoms with Crippen molar-refractivity contribution in [2.45, 2.75) is 6.92 Å². The van der Waals surface area contributed by atoms with Crippen molar-refractivity contribution in [3.05, 3.63) is 46.6 Å². The molecule has 0 amide bonds. The lowest BCUT2D eigenvalue weighted by molar-refractivity contribution is 0.0698. The van der Waals surface area contributed by atoms with Crippen molar-refractivity contribution in [2.75, 3.05) is 11.1 Å². The molecule has 2 rings (SSSR count). The van der Waals surface area contributed by atoms with Gasteiger partial charge < -0.3 is 16.2 Å². The molecule has 0 saturated carbocycles. The fourth-order valence-electron chi connectivity index (χ4n) is 1.61. The minimum atomic E-state index is -1.08. The lowest BCUT2D eigenvalue weighted by Gasteiger charge is -2.11. The van der Waals surface area contributed by atoms with Gasteiger partial charge in [0.2, 0.25) is 0 Å². The number of aromatic carboxylic acids is 1. The lowest BCUT2D eigenvalue weighted by Crippen LogP contribution is -2.05. The molecule has 0 aliphatic rings. The summed E-state index contributed by atoms with van der Waals surface area (Å²) in [6, 6.07) is 6.74. The number of nitrogens with zero attached hydrogens (tertiary/aromatic N) is 1. The van der Waals surface area contributed by atoms with Crippen LogP contribution in [0.1, 0.15) is 15.9 Å². The SMILES string of the molecule is Cc1ccc(Nc2cnc(N)cc2C(=O)O)c(Cl)c1. The number of halogens is 1. The molecule has 0 unspecified atom stereocenters. The largest absolute Gasteiger partial charge is 0.478 e. The molecule has 2 aromatic rings. The van der Waals surface area contributed by atoms with Gasteiger partial charge in [0, 0.05) is 0 Å². The normalized spacial score (nSPS) is 10.2. The Hall–Kier alpha value is -2.27. The Kier molecular flexibility index (Phi) is 3.57.